The molecular weight excluding hydrogens is 503 g/mol. The van der Waals surface area contributed by atoms with Crippen molar-refractivity contribution in [3.05, 3.63) is 34.9 Å². The topological polar surface area (TPSA) is 83.5 Å². The van der Waals surface area contributed by atoms with Gasteiger partial charge in [-0.25, -0.2) is 9.59 Å². The van der Waals surface area contributed by atoms with E-state index in [1.165, 1.54) is 12.1 Å². The Bertz CT molecular complexity index is 476. The third-order valence-electron chi connectivity index (χ3n) is 1.88. The summed E-state index contributed by atoms with van der Waals surface area (Å²) >= 11 is 4.87. The molecule has 5 nitrogen and oxygen atoms in total. The van der Waals surface area contributed by atoms with E-state index < -0.39 is 17.9 Å². The Morgan fingerprint density at radius 1 is 1.18 bits per heavy atom. The number of fused-ring (bicyclic) bond motifs is 1. The summed E-state index contributed by atoms with van der Waals surface area (Å²) in [4.78, 5) is 32.4. The van der Waals surface area contributed by atoms with E-state index in [1.54, 1.807) is 0 Å². The van der Waals surface area contributed by atoms with Crippen LogP contribution in [0.5, 0.6) is 0 Å². The van der Waals surface area contributed by atoms with Gasteiger partial charge in [0.25, 0.3) is 0 Å². The molecule has 0 N–H and O–H groups in total. The number of hydrogen-bond donors (Lipinski definition) is 0. The molecule has 0 amide bonds. The van der Waals surface area contributed by atoms with Gasteiger partial charge in [0.2, 0.25) is 0 Å². The largest absolute Gasteiger partial charge is 1.00 e. The first-order chi connectivity index (χ1) is 7.59. The van der Waals surface area contributed by atoms with Crippen LogP contribution in [0.4, 0.5) is 0 Å². The summed E-state index contributed by atoms with van der Waals surface area (Å²) < 4.78 is 4.28. The van der Waals surface area contributed by atoms with Gasteiger partial charge in [0.15, 0.2) is 0 Å². The predicted octanol–water partition coefficient (Wildman–Crippen LogP) is 1.09. The number of ether oxygens (including phenoxy) is 1. The van der Waals surface area contributed by atoms with E-state index in [9.17, 15) is 19.5 Å². The number of carboxylic acids is 1. The van der Waals surface area contributed by atoms with Gasteiger partial charge >= 0.3 is 34.3 Å². The maximum Gasteiger partial charge on any atom is 1.00 e. The Labute approximate surface area is 131 Å². The summed E-state index contributed by atoms with van der Waals surface area (Å²) in [6, 6.07) is 3.49. The SMILES string of the molecule is BrI.O=C([O-])c1ccc2c(c1)C(=O)OC2=O.[Ag+]. The van der Waals surface area contributed by atoms with Crippen molar-refractivity contribution < 1.29 is 46.6 Å². The summed E-state index contributed by atoms with van der Waals surface area (Å²) in [5.74, 6) is -2.98. The number of carbonyl (C=O) groups excluding carboxylic acids is 3. The number of carbonyl (C=O) groups is 3. The van der Waals surface area contributed by atoms with Crippen molar-refractivity contribution in [3.8, 4) is 0 Å². The van der Waals surface area contributed by atoms with E-state index in [4.69, 9.17) is 0 Å². The number of aromatic carboxylic acids is 1. The second-order valence-corrected chi connectivity index (χ2v) is 2.72. The van der Waals surface area contributed by atoms with Gasteiger partial charge in [-0.2, -0.15) is 0 Å². The second-order valence-electron chi connectivity index (χ2n) is 2.72. The van der Waals surface area contributed by atoms with E-state index in [1.807, 2.05) is 20.4 Å². The molecule has 0 aliphatic carbocycles. The maximum absolute atomic E-state index is 11.0. The summed E-state index contributed by atoms with van der Waals surface area (Å²) in [6.07, 6.45) is 0. The molecule has 0 saturated carbocycles. The van der Waals surface area contributed by atoms with Gasteiger partial charge in [-0.3, -0.25) is 0 Å². The van der Waals surface area contributed by atoms with Crippen molar-refractivity contribution in [2.24, 2.45) is 0 Å². The Balaban J connectivity index is 0.000000811. The van der Waals surface area contributed by atoms with Crippen LogP contribution in [-0.2, 0) is 27.1 Å². The summed E-state index contributed by atoms with van der Waals surface area (Å²) in [5, 5.41) is 10.4. The van der Waals surface area contributed by atoms with Crippen LogP contribution in [0.1, 0.15) is 31.1 Å². The molecule has 1 heterocycles. The van der Waals surface area contributed by atoms with Crippen molar-refractivity contribution in [2.75, 3.05) is 0 Å². The minimum Gasteiger partial charge on any atom is -0.545 e. The first-order valence-corrected chi connectivity index (χ1v) is 8.69. The van der Waals surface area contributed by atoms with Crippen LogP contribution in [0.2, 0.25) is 0 Å². The van der Waals surface area contributed by atoms with Gasteiger partial charge in [-0.05, 0) is 30.4 Å². The van der Waals surface area contributed by atoms with Gasteiger partial charge in [0, 0.05) is 20.4 Å². The number of cyclic esters (lactones) is 2. The first-order valence-electron chi connectivity index (χ1n) is 3.86. The summed E-state index contributed by atoms with van der Waals surface area (Å²) in [6.45, 7) is 0. The van der Waals surface area contributed by atoms with E-state index in [0.717, 1.165) is 6.07 Å². The van der Waals surface area contributed by atoms with Crippen LogP contribution in [0.15, 0.2) is 18.2 Å². The molecule has 1 aliphatic rings. The zero-order valence-corrected chi connectivity index (χ0v) is 13.1. The number of halogens is 2. The number of carboxylic acid groups (broad SMARTS) is 1. The molecule has 0 atom stereocenters. The summed E-state index contributed by atoms with van der Waals surface area (Å²) in [5.41, 5.74) is -0.105. The molecule has 1 aliphatic heterocycles. The van der Waals surface area contributed by atoms with Gasteiger partial charge in [-0.1, -0.05) is 6.07 Å². The van der Waals surface area contributed by atoms with Crippen LogP contribution in [0.3, 0.4) is 0 Å². The number of esters is 2. The van der Waals surface area contributed by atoms with Crippen molar-refractivity contribution in [3.63, 3.8) is 0 Å². The number of benzene rings is 1. The molecular formula is C9H3AgBrIO5. The average Bonchev–Trinajstić information content (AvgIpc) is 2.57. The summed E-state index contributed by atoms with van der Waals surface area (Å²) in [7, 11) is 0. The molecule has 2 rings (SSSR count). The number of hydrogen-bond acceptors (Lipinski definition) is 5. The van der Waals surface area contributed by atoms with E-state index in [0.29, 0.717) is 0 Å². The Morgan fingerprint density at radius 2 is 1.71 bits per heavy atom. The van der Waals surface area contributed by atoms with Crippen LogP contribution in [0.25, 0.3) is 0 Å². The molecule has 1 aromatic carbocycles. The molecule has 0 aromatic heterocycles. The number of rotatable bonds is 1. The van der Waals surface area contributed by atoms with E-state index >= 15 is 0 Å². The van der Waals surface area contributed by atoms with Crippen LogP contribution < -0.4 is 5.11 Å². The molecule has 0 saturated heterocycles. The Morgan fingerprint density at radius 3 is 2.24 bits per heavy atom. The Hall–Kier alpha value is -0.220. The fourth-order valence-electron chi connectivity index (χ4n) is 1.21. The molecule has 0 spiro atoms. The smallest absolute Gasteiger partial charge is 0.545 e. The van der Waals surface area contributed by atoms with Crippen LogP contribution >= 0.6 is 33.1 Å². The molecule has 8 heteroatoms. The molecule has 94 valence electrons. The average molecular weight is 506 g/mol. The quantitative estimate of drug-likeness (QED) is 0.247. The molecule has 17 heavy (non-hydrogen) atoms. The fraction of sp³-hybridized carbons (Fsp3) is 0. The van der Waals surface area contributed by atoms with Gasteiger partial charge in [0.1, 0.15) is 0 Å². The van der Waals surface area contributed by atoms with Crippen LogP contribution in [0, 0.1) is 0 Å². The maximum atomic E-state index is 11.0. The zero-order valence-electron chi connectivity index (χ0n) is 7.83. The minimum absolute atomic E-state index is 0. The Kier molecular flexibility index (Phi) is 7.17. The zero-order chi connectivity index (χ0) is 12.3. The van der Waals surface area contributed by atoms with Crippen molar-refractivity contribution in [1.82, 2.24) is 0 Å². The minimum atomic E-state index is -1.40. The third-order valence-corrected chi connectivity index (χ3v) is 1.88. The standard InChI is InChI=1S/C9H4O5.Ag.BrI/c10-7(11)4-1-2-5-6(3-4)9(13)14-8(5)12;;1-2/h1-3H,(H,10,11);;/q;+1;/p-1. The van der Waals surface area contributed by atoms with E-state index in [-0.39, 0.29) is 39.1 Å². The van der Waals surface area contributed by atoms with Crippen LogP contribution in [-0.4, -0.2) is 17.9 Å². The fourth-order valence-corrected chi connectivity index (χ4v) is 1.21. The monoisotopic (exact) mass is 504 g/mol. The molecule has 0 radical (unpaired) electrons. The van der Waals surface area contributed by atoms with Crippen molar-refractivity contribution in [1.29, 1.82) is 0 Å². The second kappa shape index (κ2) is 7.27. The molecule has 1 aromatic rings. The van der Waals surface area contributed by atoms with Gasteiger partial charge < -0.3 is 14.6 Å². The van der Waals surface area contributed by atoms with Crippen molar-refractivity contribution in [2.45, 2.75) is 0 Å². The first kappa shape index (κ1) is 16.8. The predicted molar refractivity (Wildman–Crippen MR) is 63.5 cm³/mol. The molecule has 0 unspecified atom stereocenters. The van der Waals surface area contributed by atoms with E-state index in [2.05, 4.69) is 17.4 Å². The third kappa shape index (κ3) is 3.62. The van der Waals surface area contributed by atoms with Crippen molar-refractivity contribution >= 4 is 51.0 Å². The van der Waals surface area contributed by atoms with Gasteiger partial charge in [0.05, 0.1) is 17.1 Å². The van der Waals surface area contributed by atoms with Gasteiger partial charge in [-0.15, -0.1) is 0 Å². The normalized spacial score (nSPS) is 11.6. The molecule has 0 bridgehead atoms. The molecule has 0 fully saturated rings.